The summed E-state index contributed by atoms with van der Waals surface area (Å²) in [6.07, 6.45) is 4.33. The van der Waals surface area contributed by atoms with Crippen LogP contribution in [0.15, 0.2) is 70.1 Å². The van der Waals surface area contributed by atoms with Gasteiger partial charge >= 0.3 is 0 Å². The van der Waals surface area contributed by atoms with Crippen molar-refractivity contribution < 1.29 is 9.21 Å². The van der Waals surface area contributed by atoms with Gasteiger partial charge in [0.15, 0.2) is 5.76 Å². The SMILES string of the molecule is CCCCCN(C(=O)c1ccco1)C(C)c1nc2ccccc2c(=O)n1-c1cccc(Cl)c1C. The summed E-state index contributed by atoms with van der Waals surface area (Å²) in [5, 5.41) is 1.07. The summed E-state index contributed by atoms with van der Waals surface area (Å²) in [4.78, 5) is 33.8. The van der Waals surface area contributed by atoms with Crippen LogP contribution in [0.1, 0.15) is 61.1 Å². The quantitative estimate of drug-likeness (QED) is 0.278. The van der Waals surface area contributed by atoms with Gasteiger partial charge in [-0.2, -0.15) is 0 Å². The van der Waals surface area contributed by atoms with Crippen LogP contribution in [0.25, 0.3) is 16.6 Å². The van der Waals surface area contributed by atoms with E-state index < -0.39 is 6.04 Å². The van der Waals surface area contributed by atoms with Crippen molar-refractivity contribution in [1.29, 1.82) is 0 Å². The third-order valence-electron chi connectivity index (χ3n) is 6.12. The number of hydrogen-bond donors (Lipinski definition) is 0. The number of halogens is 1. The number of fused-ring (bicyclic) bond motifs is 1. The Morgan fingerprint density at radius 1 is 1.12 bits per heavy atom. The van der Waals surface area contributed by atoms with Gasteiger partial charge in [0.25, 0.3) is 11.5 Å². The van der Waals surface area contributed by atoms with Crippen LogP contribution in [-0.2, 0) is 0 Å². The number of amides is 1. The van der Waals surface area contributed by atoms with E-state index in [1.807, 2.05) is 44.2 Å². The van der Waals surface area contributed by atoms with Gasteiger partial charge < -0.3 is 9.32 Å². The van der Waals surface area contributed by atoms with Crippen molar-refractivity contribution in [2.75, 3.05) is 6.54 Å². The molecule has 0 aliphatic heterocycles. The van der Waals surface area contributed by atoms with E-state index in [0.29, 0.717) is 34.0 Å². The molecular weight excluding hydrogens is 450 g/mol. The average Bonchev–Trinajstić information content (AvgIpc) is 3.38. The fourth-order valence-electron chi connectivity index (χ4n) is 4.19. The van der Waals surface area contributed by atoms with Crippen LogP contribution in [0.3, 0.4) is 0 Å². The van der Waals surface area contributed by atoms with Crippen LogP contribution in [0.4, 0.5) is 0 Å². The first kappa shape index (κ1) is 23.8. The number of carbonyl (C=O) groups is 1. The summed E-state index contributed by atoms with van der Waals surface area (Å²) in [6.45, 7) is 6.42. The molecule has 2 aromatic heterocycles. The molecule has 0 saturated heterocycles. The first-order chi connectivity index (χ1) is 16.4. The lowest BCUT2D eigenvalue weighted by molar-refractivity contribution is 0.0644. The molecule has 1 atom stereocenters. The molecule has 0 aliphatic carbocycles. The van der Waals surface area contributed by atoms with Crippen molar-refractivity contribution in [3.05, 3.63) is 93.4 Å². The lowest BCUT2D eigenvalue weighted by Crippen LogP contribution is -2.38. The largest absolute Gasteiger partial charge is 0.459 e. The summed E-state index contributed by atoms with van der Waals surface area (Å²) in [5.41, 5.74) is 1.81. The van der Waals surface area contributed by atoms with Gasteiger partial charge in [-0.3, -0.25) is 14.2 Å². The highest BCUT2D eigenvalue weighted by Crippen LogP contribution is 2.28. The molecule has 0 bridgehead atoms. The van der Waals surface area contributed by atoms with Crippen molar-refractivity contribution in [1.82, 2.24) is 14.5 Å². The summed E-state index contributed by atoms with van der Waals surface area (Å²) in [6, 6.07) is 15.6. The smallest absolute Gasteiger partial charge is 0.290 e. The van der Waals surface area contributed by atoms with Crippen molar-refractivity contribution in [2.45, 2.75) is 46.1 Å². The minimum atomic E-state index is -0.495. The van der Waals surface area contributed by atoms with E-state index in [9.17, 15) is 9.59 Å². The van der Waals surface area contributed by atoms with E-state index >= 15 is 0 Å². The van der Waals surface area contributed by atoms with E-state index in [2.05, 4.69) is 6.92 Å². The first-order valence-corrected chi connectivity index (χ1v) is 11.9. The standard InChI is InChI=1S/C27H28ClN3O3/c1-4-5-8-16-30(27(33)24-15-10-17-34-24)19(3)25-29-22-13-7-6-11-20(22)26(32)31(25)23-14-9-12-21(28)18(23)2/h6-7,9-15,17,19H,4-5,8,16H2,1-3H3. The molecule has 7 heteroatoms. The Kier molecular flexibility index (Phi) is 7.17. The van der Waals surface area contributed by atoms with Gasteiger partial charge in [-0.25, -0.2) is 4.98 Å². The molecule has 0 fully saturated rings. The predicted molar refractivity (Wildman–Crippen MR) is 135 cm³/mol. The molecule has 1 unspecified atom stereocenters. The fraction of sp³-hybridized carbons (Fsp3) is 0.296. The second kappa shape index (κ2) is 10.3. The molecule has 0 N–H and O–H groups in total. The molecular formula is C27H28ClN3O3. The minimum Gasteiger partial charge on any atom is -0.459 e. The number of benzene rings is 2. The summed E-state index contributed by atoms with van der Waals surface area (Å²) in [5.74, 6) is 0.507. The van der Waals surface area contributed by atoms with Crippen LogP contribution in [0, 0.1) is 6.92 Å². The van der Waals surface area contributed by atoms with E-state index in [0.717, 1.165) is 24.8 Å². The Hall–Kier alpha value is -3.38. The van der Waals surface area contributed by atoms with Gasteiger partial charge in [-0.05, 0) is 62.2 Å². The number of carbonyl (C=O) groups excluding carboxylic acids is 1. The fourth-order valence-corrected chi connectivity index (χ4v) is 4.36. The van der Waals surface area contributed by atoms with Crippen molar-refractivity contribution in [3.8, 4) is 5.69 Å². The van der Waals surface area contributed by atoms with Gasteiger partial charge in [0.05, 0.1) is 28.9 Å². The molecule has 4 aromatic rings. The number of furan rings is 1. The number of nitrogens with zero attached hydrogens (tertiary/aromatic N) is 3. The maximum absolute atomic E-state index is 13.8. The highest BCUT2D eigenvalue weighted by Gasteiger charge is 2.29. The van der Waals surface area contributed by atoms with Crippen LogP contribution < -0.4 is 5.56 Å². The Balaban J connectivity index is 1.92. The third-order valence-corrected chi connectivity index (χ3v) is 6.53. The van der Waals surface area contributed by atoms with Gasteiger partial charge in [0.1, 0.15) is 5.82 Å². The molecule has 6 nitrogen and oxygen atoms in total. The zero-order valence-electron chi connectivity index (χ0n) is 19.6. The lowest BCUT2D eigenvalue weighted by atomic mass is 10.1. The maximum Gasteiger partial charge on any atom is 0.290 e. The highest BCUT2D eigenvalue weighted by molar-refractivity contribution is 6.31. The highest BCUT2D eigenvalue weighted by atomic mass is 35.5. The van der Waals surface area contributed by atoms with E-state index in [4.69, 9.17) is 21.0 Å². The van der Waals surface area contributed by atoms with Crippen molar-refractivity contribution >= 4 is 28.4 Å². The maximum atomic E-state index is 13.8. The van der Waals surface area contributed by atoms with Crippen LogP contribution in [-0.4, -0.2) is 26.9 Å². The van der Waals surface area contributed by atoms with Gasteiger partial charge in [-0.1, -0.05) is 49.6 Å². The number of hydrogen-bond acceptors (Lipinski definition) is 4. The Bertz CT molecular complexity index is 1360. The molecule has 176 valence electrons. The molecule has 0 spiro atoms. The first-order valence-electron chi connectivity index (χ1n) is 11.6. The van der Waals surface area contributed by atoms with Gasteiger partial charge in [0.2, 0.25) is 0 Å². The third kappa shape index (κ3) is 4.50. The summed E-state index contributed by atoms with van der Waals surface area (Å²) >= 11 is 6.42. The van der Waals surface area contributed by atoms with Gasteiger partial charge in [0, 0.05) is 11.6 Å². The second-order valence-corrected chi connectivity index (χ2v) is 8.78. The molecule has 2 heterocycles. The molecule has 0 aliphatic rings. The number of para-hydroxylation sites is 1. The zero-order chi connectivity index (χ0) is 24.2. The predicted octanol–water partition coefficient (Wildman–Crippen LogP) is 6.33. The van der Waals surface area contributed by atoms with Crippen LogP contribution in [0.5, 0.6) is 0 Å². The minimum absolute atomic E-state index is 0.197. The van der Waals surface area contributed by atoms with Gasteiger partial charge in [-0.15, -0.1) is 0 Å². The molecule has 1 amide bonds. The van der Waals surface area contributed by atoms with Crippen molar-refractivity contribution in [3.63, 3.8) is 0 Å². The molecule has 0 saturated carbocycles. The molecule has 0 radical (unpaired) electrons. The van der Waals surface area contributed by atoms with E-state index in [1.54, 1.807) is 33.7 Å². The Morgan fingerprint density at radius 2 is 1.91 bits per heavy atom. The summed E-state index contributed by atoms with van der Waals surface area (Å²) < 4.78 is 7.01. The van der Waals surface area contributed by atoms with Crippen LogP contribution >= 0.6 is 11.6 Å². The van der Waals surface area contributed by atoms with Crippen molar-refractivity contribution in [2.24, 2.45) is 0 Å². The van der Waals surface area contributed by atoms with E-state index in [1.165, 1.54) is 6.26 Å². The number of aromatic nitrogens is 2. The zero-order valence-corrected chi connectivity index (χ0v) is 20.4. The van der Waals surface area contributed by atoms with Crippen LogP contribution in [0.2, 0.25) is 5.02 Å². The number of rotatable bonds is 8. The van der Waals surface area contributed by atoms with E-state index in [-0.39, 0.29) is 17.2 Å². The Morgan fingerprint density at radius 3 is 2.65 bits per heavy atom. The Labute approximate surface area is 203 Å². The molecule has 2 aromatic carbocycles. The summed E-state index contributed by atoms with van der Waals surface area (Å²) in [7, 11) is 0. The molecule has 4 rings (SSSR count). The lowest BCUT2D eigenvalue weighted by Gasteiger charge is -2.30. The molecule has 34 heavy (non-hydrogen) atoms. The normalized spacial score (nSPS) is 12.1. The topological polar surface area (TPSA) is 68.3 Å². The average molecular weight is 478 g/mol. The monoisotopic (exact) mass is 477 g/mol. The number of unbranched alkanes of at least 4 members (excludes halogenated alkanes) is 2. The second-order valence-electron chi connectivity index (χ2n) is 8.37.